The molecule has 10 heteroatoms. The van der Waals surface area contributed by atoms with E-state index in [-0.39, 0.29) is 16.9 Å². The smallest absolute Gasteiger partial charge is 0.436 e. The minimum absolute atomic E-state index is 0.0703. The van der Waals surface area contributed by atoms with E-state index in [1.54, 1.807) is 6.07 Å². The first-order valence-corrected chi connectivity index (χ1v) is 5.98. The Hall–Kier alpha value is -1.60. The van der Waals surface area contributed by atoms with E-state index in [4.69, 9.17) is 10.00 Å². The summed E-state index contributed by atoms with van der Waals surface area (Å²) in [4.78, 5) is -4.61. The number of nitriles is 1. The molecule has 0 spiro atoms. The first-order chi connectivity index (χ1) is 9.96. The molecule has 0 fully saturated rings. The standard InChI is InChI=1S/C12H9F6NO2S/c1-20-9-4-7(5-19)2-3-8(9)6-21-10(22,11(13,14)15)12(16,17)18/h2-4,22H,6H2,1H3. The number of halogens is 6. The van der Waals surface area contributed by atoms with Crippen molar-refractivity contribution in [3.8, 4) is 11.8 Å². The molecule has 22 heavy (non-hydrogen) atoms. The predicted octanol–water partition coefficient (Wildman–Crippen LogP) is 3.83. The zero-order valence-corrected chi connectivity index (χ0v) is 11.8. The van der Waals surface area contributed by atoms with Crippen LogP contribution in [0.1, 0.15) is 11.1 Å². The fraction of sp³-hybridized carbons (Fsp3) is 0.417. The van der Waals surface area contributed by atoms with Crippen molar-refractivity contribution in [2.75, 3.05) is 7.11 Å². The summed E-state index contributed by atoms with van der Waals surface area (Å²) in [6.07, 6.45) is -11.5. The van der Waals surface area contributed by atoms with Gasteiger partial charge in [0, 0.05) is 5.56 Å². The molecular formula is C12H9F6NO2S. The Kier molecular flexibility index (Phi) is 5.25. The number of rotatable bonds is 4. The molecule has 0 amide bonds. The maximum absolute atomic E-state index is 12.6. The van der Waals surface area contributed by atoms with Gasteiger partial charge >= 0.3 is 17.3 Å². The summed E-state index contributed by atoms with van der Waals surface area (Å²) in [6.45, 7) is -1.06. The molecule has 0 saturated carbocycles. The average Bonchev–Trinajstić information content (AvgIpc) is 2.41. The second kappa shape index (κ2) is 6.26. The Balaban J connectivity index is 3.08. The molecule has 0 heterocycles. The van der Waals surface area contributed by atoms with Crippen LogP contribution in [0.3, 0.4) is 0 Å². The first kappa shape index (κ1) is 18.4. The van der Waals surface area contributed by atoms with Crippen LogP contribution in [0.4, 0.5) is 26.3 Å². The Bertz CT molecular complexity index is 564. The molecule has 0 saturated heterocycles. The summed E-state index contributed by atoms with van der Waals surface area (Å²) in [6, 6.07) is 5.27. The maximum atomic E-state index is 12.6. The summed E-state index contributed by atoms with van der Waals surface area (Å²) >= 11 is 2.65. The normalized spacial score (nSPS) is 12.9. The topological polar surface area (TPSA) is 42.2 Å². The van der Waals surface area contributed by atoms with Crippen molar-refractivity contribution in [3.63, 3.8) is 0 Å². The lowest BCUT2D eigenvalue weighted by Gasteiger charge is -2.32. The Morgan fingerprint density at radius 1 is 1.14 bits per heavy atom. The zero-order valence-electron chi connectivity index (χ0n) is 10.9. The summed E-state index contributed by atoms with van der Waals surface area (Å²) in [5, 5.41) is 8.67. The summed E-state index contributed by atoms with van der Waals surface area (Å²) < 4.78 is 84.5. The van der Waals surface area contributed by atoms with Crippen LogP contribution in [0.5, 0.6) is 5.75 Å². The average molecular weight is 345 g/mol. The third kappa shape index (κ3) is 3.59. The van der Waals surface area contributed by atoms with E-state index >= 15 is 0 Å². The van der Waals surface area contributed by atoms with Gasteiger partial charge in [-0.3, -0.25) is 0 Å². The lowest BCUT2D eigenvalue weighted by molar-refractivity contribution is -0.342. The van der Waals surface area contributed by atoms with Crippen molar-refractivity contribution in [1.29, 1.82) is 5.26 Å². The zero-order chi connectivity index (χ0) is 17.2. The molecule has 0 atom stereocenters. The largest absolute Gasteiger partial charge is 0.496 e. The van der Waals surface area contributed by atoms with Gasteiger partial charge in [0.1, 0.15) is 5.75 Å². The molecule has 0 aromatic heterocycles. The van der Waals surface area contributed by atoms with Crippen LogP contribution in [0.2, 0.25) is 0 Å². The highest BCUT2D eigenvalue weighted by Gasteiger charge is 2.70. The van der Waals surface area contributed by atoms with Gasteiger partial charge in [0.2, 0.25) is 0 Å². The van der Waals surface area contributed by atoms with E-state index in [0.29, 0.717) is 0 Å². The van der Waals surface area contributed by atoms with Gasteiger partial charge in [-0.25, -0.2) is 0 Å². The van der Waals surface area contributed by atoms with Crippen molar-refractivity contribution in [3.05, 3.63) is 29.3 Å². The van der Waals surface area contributed by atoms with Crippen molar-refractivity contribution in [1.82, 2.24) is 0 Å². The number of ether oxygens (including phenoxy) is 2. The lowest BCUT2D eigenvalue weighted by Crippen LogP contribution is -2.54. The molecule has 0 aliphatic carbocycles. The van der Waals surface area contributed by atoms with E-state index in [2.05, 4.69) is 17.4 Å². The van der Waals surface area contributed by atoms with Gasteiger partial charge in [0.15, 0.2) is 0 Å². The number of alkyl halides is 6. The van der Waals surface area contributed by atoms with E-state index in [0.717, 1.165) is 13.2 Å². The molecule has 0 aliphatic heterocycles. The van der Waals surface area contributed by atoms with E-state index in [1.807, 2.05) is 0 Å². The number of benzene rings is 1. The summed E-state index contributed by atoms with van der Waals surface area (Å²) in [5.41, 5.74) is 0.0396. The van der Waals surface area contributed by atoms with E-state index in [9.17, 15) is 26.3 Å². The van der Waals surface area contributed by atoms with Crippen LogP contribution in [-0.4, -0.2) is 24.4 Å². The SMILES string of the molecule is COc1cc(C#N)ccc1COC(S)(C(F)(F)F)C(F)(F)F. The van der Waals surface area contributed by atoms with E-state index < -0.39 is 23.9 Å². The van der Waals surface area contributed by atoms with Crippen LogP contribution in [0, 0.1) is 11.3 Å². The van der Waals surface area contributed by atoms with Crippen molar-refractivity contribution in [2.24, 2.45) is 0 Å². The number of hydrogen-bond donors (Lipinski definition) is 1. The minimum Gasteiger partial charge on any atom is -0.496 e. The fourth-order valence-electron chi connectivity index (χ4n) is 1.44. The molecular weight excluding hydrogens is 336 g/mol. The Morgan fingerprint density at radius 3 is 2.09 bits per heavy atom. The van der Waals surface area contributed by atoms with Crippen LogP contribution in [0.25, 0.3) is 0 Å². The highest BCUT2D eigenvalue weighted by Crippen LogP contribution is 2.49. The second-order valence-corrected chi connectivity index (χ2v) is 4.70. The van der Waals surface area contributed by atoms with E-state index in [1.165, 1.54) is 12.1 Å². The number of hydrogen-bond acceptors (Lipinski definition) is 4. The van der Waals surface area contributed by atoms with Crippen molar-refractivity contribution in [2.45, 2.75) is 23.9 Å². The number of methoxy groups -OCH3 is 1. The molecule has 0 bridgehead atoms. The van der Waals surface area contributed by atoms with Crippen LogP contribution < -0.4 is 4.74 Å². The van der Waals surface area contributed by atoms with Crippen LogP contribution in [-0.2, 0) is 11.3 Å². The maximum Gasteiger partial charge on any atom is 0.436 e. The monoisotopic (exact) mass is 345 g/mol. The van der Waals surface area contributed by atoms with Gasteiger partial charge < -0.3 is 9.47 Å². The number of thiol groups is 1. The third-order valence-corrected chi connectivity index (χ3v) is 3.26. The Labute approximate surface area is 126 Å². The highest BCUT2D eigenvalue weighted by molar-refractivity contribution is 7.81. The van der Waals surface area contributed by atoms with Crippen LogP contribution >= 0.6 is 12.6 Å². The van der Waals surface area contributed by atoms with Crippen LogP contribution in [0.15, 0.2) is 18.2 Å². The fourth-order valence-corrected chi connectivity index (χ4v) is 1.50. The summed E-state index contributed by atoms with van der Waals surface area (Å²) in [5.74, 6) is -0.0703. The van der Waals surface area contributed by atoms with Gasteiger partial charge in [-0.2, -0.15) is 31.6 Å². The second-order valence-electron chi connectivity index (χ2n) is 4.07. The highest BCUT2D eigenvalue weighted by atomic mass is 32.1. The van der Waals surface area contributed by atoms with Gasteiger partial charge in [0.25, 0.3) is 0 Å². The molecule has 0 unspecified atom stereocenters. The minimum atomic E-state index is -5.77. The van der Waals surface area contributed by atoms with Gasteiger partial charge in [0.05, 0.1) is 25.3 Å². The first-order valence-electron chi connectivity index (χ1n) is 5.53. The quantitative estimate of drug-likeness (QED) is 0.512. The summed E-state index contributed by atoms with van der Waals surface area (Å²) in [7, 11) is 1.15. The van der Waals surface area contributed by atoms with Crippen molar-refractivity contribution < 1.29 is 35.8 Å². The van der Waals surface area contributed by atoms with Gasteiger partial charge in [-0.1, -0.05) is 6.07 Å². The Morgan fingerprint density at radius 2 is 1.68 bits per heavy atom. The molecule has 0 aliphatic rings. The molecule has 1 aromatic carbocycles. The van der Waals surface area contributed by atoms with Gasteiger partial charge in [-0.15, -0.1) is 12.6 Å². The molecule has 122 valence electrons. The van der Waals surface area contributed by atoms with Gasteiger partial charge in [-0.05, 0) is 12.1 Å². The molecule has 1 aromatic rings. The molecule has 0 N–H and O–H groups in total. The number of nitrogens with zero attached hydrogens (tertiary/aromatic N) is 1. The molecule has 0 radical (unpaired) electrons. The van der Waals surface area contributed by atoms with Crippen molar-refractivity contribution >= 4 is 12.6 Å². The molecule has 3 nitrogen and oxygen atoms in total. The third-order valence-electron chi connectivity index (χ3n) is 2.62. The lowest BCUT2D eigenvalue weighted by atomic mass is 10.1. The molecule has 1 rings (SSSR count). The predicted molar refractivity (Wildman–Crippen MR) is 66.3 cm³/mol.